The minimum Gasteiger partial charge on any atom is -0.491 e. The number of unbranched alkanes of at least 4 members (excludes halogenated alkanes) is 2. The summed E-state index contributed by atoms with van der Waals surface area (Å²) in [5.74, 6) is -0.177. The number of hydrogen-bond acceptors (Lipinski definition) is 7. The van der Waals surface area contributed by atoms with Gasteiger partial charge in [0.2, 0.25) is 0 Å². The molecule has 0 N–H and O–H groups in total. The molecule has 0 aliphatic heterocycles. The summed E-state index contributed by atoms with van der Waals surface area (Å²) < 4.78 is 10.1. The second kappa shape index (κ2) is 10.4. The van der Waals surface area contributed by atoms with Crippen LogP contribution in [0.25, 0.3) is 0 Å². The lowest BCUT2D eigenvalue weighted by atomic mass is 10.2. The standard InChI is InChI=1S/C16H22O7/c1-4-5-6-11-19-16(18)22-23-21-15(17)13-7-9-14(10-8-13)20-12(2)3/h7-10,12H,4-6,11H2,1-3H3. The average Bonchev–Trinajstić information content (AvgIpc) is 2.51. The molecule has 0 aliphatic carbocycles. The third-order valence-electron chi connectivity index (χ3n) is 2.64. The van der Waals surface area contributed by atoms with Gasteiger partial charge in [-0.3, -0.25) is 4.89 Å². The van der Waals surface area contributed by atoms with Gasteiger partial charge in [0.25, 0.3) is 0 Å². The lowest BCUT2D eigenvalue weighted by Crippen LogP contribution is -2.12. The SMILES string of the molecule is CCCCCOC(=O)OOOC(=O)c1ccc(OC(C)C)cc1. The van der Waals surface area contributed by atoms with Crippen LogP contribution in [-0.2, 0) is 19.6 Å². The monoisotopic (exact) mass is 326 g/mol. The van der Waals surface area contributed by atoms with Gasteiger partial charge in [-0.25, -0.2) is 14.5 Å². The Kier molecular flexibility index (Phi) is 8.52. The van der Waals surface area contributed by atoms with E-state index in [1.165, 1.54) is 12.1 Å². The summed E-state index contributed by atoms with van der Waals surface area (Å²) in [7, 11) is 0. The van der Waals surface area contributed by atoms with E-state index >= 15 is 0 Å². The molecular weight excluding hydrogens is 304 g/mol. The smallest absolute Gasteiger partial charge is 0.491 e. The Morgan fingerprint density at radius 2 is 1.74 bits per heavy atom. The van der Waals surface area contributed by atoms with Crippen LogP contribution >= 0.6 is 0 Å². The molecule has 1 rings (SSSR count). The van der Waals surface area contributed by atoms with Crippen molar-refractivity contribution < 1.29 is 33.9 Å². The molecule has 0 bridgehead atoms. The van der Waals surface area contributed by atoms with E-state index in [9.17, 15) is 9.59 Å². The molecule has 0 saturated heterocycles. The van der Waals surface area contributed by atoms with Crippen molar-refractivity contribution in [2.75, 3.05) is 6.61 Å². The molecule has 7 nitrogen and oxygen atoms in total. The van der Waals surface area contributed by atoms with Crippen molar-refractivity contribution in [1.29, 1.82) is 0 Å². The third kappa shape index (κ3) is 8.06. The van der Waals surface area contributed by atoms with Crippen molar-refractivity contribution in [2.24, 2.45) is 0 Å². The molecule has 1 aromatic carbocycles. The highest BCUT2D eigenvalue weighted by atomic mass is 17.5. The predicted molar refractivity (Wildman–Crippen MR) is 80.7 cm³/mol. The normalized spacial score (nSPS) is 10.3. The van der Waals surface area contributed by atoms with Crippen LogP contribution in [0.5, 0.6) is 5.75 Å². The van der Waals surface area contributed by atoms with E-state index in [4.69, 9.17) is 9.47 Å². The van der Waals surface area contributed by atoms with Gasteiger partial charge in [0.15, 0.2) is 0 Å². The van der Waals surface area contributed by atoms with E-state index in [-0.39, 0.29) is 18.3 Å². The highest BCUT2D eigenvalue weighted by Crippen LogP contribution is 2.14. The van der Waals surface area contributed by atoms with Crippen LogP contribution < -0.4 is 4.74 Å². The summed E-state index contributed by atoms with van der Waals surface area (Å²) in [6.07, 6.45) is 1.66. The summed E-state index contributed by atoms with van der Waals surface area (Å²) >= 11 is 0. The van der Waals surface area contributed by atoms with Gasteiger partial charge >= 0.3 is 12.1 Å². The molecule has 0 unspecified atom stereocenters. The van der Waals surface area contributed by atoms with Gasteiger partial charge in [0.1, 0.15) is 5.75 Å². The molecule has 0 aliphatic rings. The Balaban J connectivity index is 2.26. The van der Waals surface area contributed by atoms with Crippen LogP contribution in [-0.4, -0.2) is 24.8 Å². The van der Waals surface area contributed by atoms with Gasteiger partial charge < -0.3 is 9.47 Å². The first-order valence-corrected chi connectivity index (χ1v) is 7.52. The van der Waals surface area contributed by atoms with Crippen LogP contribution in [0.15, 0.2) is 24.3 Å². The van der Waals surface area contributed by atoms with Gasteiger partial charge in [-0.15, -0.1) is 0 Å². The van der Waals surface area contributed by atoms with Crippen LogP contribution in [0.1, 0.15) is 50.4 Å². The fourth-order valence-corrected chi connectivity index (χ4v) is 1.60. The summed E-state index contributed by atoms with van der Waals surface area (Å²) in [5.41, 5.74) is 0.223. The minimum absolute atomic E-state index is 0.0351. The summed E-state index contributed by atoms with van der Waals surface area (Å²) in [6.45, 7) is 6.05. The molecule has 7 heteroatoms. The summed E-state index contributed by atoms with van der Waals surface area (Å²) in [6, 6.07) is 6.26. The first kappa shape index (κ1) is 18.8. The molecule has 1 aromatic rings. The van der Waals surface area contributed by atoms with E-state index in [1.807, 2.05) is 20.8 Å². The highest BCUT2D eigenvalue weighted by Gasteiger charge is 2.12. The fraction of sp³-hybridized carbons (Fsp3) is 0.500. The number of benzene rings is 1. The van der Waals surface area contributed by atoms with E-state index in [0.717, 1.165) is 19.3 Å². The zero-order valence-corrected chi connectivity index (χ0v) is 13.6. The second-order valence-electron chi connectivity index (χ2n) is 5.02. The molecule has 0 amide bonds. The molecule has 0 heterocycles. The fourth-order valence-electron chi connectivity index (χ4n) is 1.60. The highest BCUT2D eigenvalue weighted by molar-refractivity contribution is 5.89. The van der Waals surface area contributed by atoms with Crippen LogP contribution in [0.3, 0.4) is 0 Å². The molecular formula is C16H22O7. The quantitative estimate of drug-likeness (QED) is 0.295. The molecule has 0 fully saturated rings. The number of hydrogen-bond donors (Lipinski definition) is 0. The molecule has 0 aromatic heterocycles. The van der Waals surface area contributed by atoms with Gasteiger partial charge in [0, 0.05) is 0 Å². The van der Waals surface area contributed by atoms with E-state index in [2.05, 4.69) is 14.8 Å². The average molecular weight is 326 g/mol. The second-order valence-corrected chi connectivity index (χ2v) is 5.02. The number of ether oxygens (including phenoxy) is 2. The Labute approximate surface area is 135 Å². The molecule has 128 valence electrons. The van der Waals surface area contributed by atoms with Gasteiger partial charge in [-0.2, -0.15) is 0 Å². The van der Waals surface area contributed by atoms with Crippen molar-refractivity contribution in [3.63, 3.8) is 0 Å². The maximum Gasteiger partial charge on any atom is 0.543 e. The molecule has 23 heavy (non-hydrogen) atoms. The first-order valence-electron chi connectivity index (χ1n) is 7.52. The van der Waals surface area contributed by atoms with Crippen LogP contribution in [0, 0.1) is 0 Å². The van der Waals surface area contributed by atoms with E-state index < -0.39 is 12.1 Å². The first-order chi connectivity index (χ1) is 11.0. The minimum atomic E-state index is -1.06. The molecule has 0 radical (unpaired) electrons. The topological polar surface area (TPSA) is 80.3 Å². The Morgan fingerprint density at radius 1 is 1.04 bits per heavy atom. The number of rotatable bonds is 9. The van der Waals surface area contributed by atoms with Crippen molar-refractivity contribution in [3.05, 3.63) is 29.8 Å². The van der Waals surface area contributed by atoms with Crippen molar-refractivity contribution in [1.82, 2.24) is 0 Å². The zero-order chi connectivity index (χ0) is 17.1. The maximum absolute atomic E-state index is 11.6. The number of carbonyl (C=O) groups is 2. The summed E-state index contributed by atoms with van der Waals surface area (Å²) in [4.78, 5) is 31.2. The van der Waals surface area contributed by atoms with Crippen LogP contribution in [0.4, 0.5) is 4.79 Å². The lowest BCUT2D eigenvalue weighted by molar-refractivity contribution is -0.452. The van der Waals surface area contributed by atoms with Gasteiger partial charge in [-0.1, -0.05) is 19.8 Å². The summed E-state index contributed by atoms with van der Waals surface area (Å²) in [5, 5.41) is 4.11. The van der Waals surface area contributed by atoms with Crippen molar-refractivity contribution >= 4 is 12.1 Å². The van der Waals surface area contributed by atoms with Gasteiger partial charge in [0.05, 0.1) is 23.3 Å². The van der Waals surface area contributed by atoms with Crippen molar-refractivity contribution in [3.8, 4) is 5.75 Å². The van der Waals surface area contributed by atoms with Crippen molar-refractivity contribution in [2.45, 2.75) is 46.1 Å². The Bertz CT molecular complexity index is 482. The Hall–Kier alpha value is -2.28. The lowest BCUT2D eigenvalue weighted by Gasteiger charge is -2.09. The van der Waals surface area contributed by atoms with Gasteiger partial charge in [-0.05, 0) is 44.5 Å². The Morgan fingerprint density at radius 3 is 2.35 bits per heavy atom. The third-order valence-corrected chi connectivity index (χ3v) is 2.64. The zero-order valence-electron chi connectivity index (χ0n) is 13.6. The predicted octanol–water partition coefficient (Wildman–Crippen LogP) is 3.82. The number of carbonyl (C=O) groups excluding carboxylic acids is 2. The maximum atomic E-state index is 11.6. The molecule has 0 atom stereocenters. The molecule has 0 saturated carbocycles. The van der Waals surface area contributed by atoms with E-state index in [0.29, 0.717) is 5.75 Å². The van der Waals surface area contributed by atoms with E-state index in [1.54, 1.807) is 12.1 Å². The van der Waals surface area contributed by atoms with Crippen LogP contribution in [0.2, 0.25) is 0 Å². The largest absolute Gasteiger partial charge is 0.543 e. The molecule has 0 spiro atoms.